The normalized spacial score (nSPS) is 10.1. The Labute approximate surface area is 151 Å². The summed E-state index contributed by atoms with van der Waals surface area (Å²) < 4.78 is 24.0. The van der Waals surface area contributed by atoms with Crippen molar-refractivity contribution in [1.29, 1.82) is 0 Å². The van der Waals surface area contributed by atoms with Crippen LogP contribution in [0.15, 0.2) is 42.5 Å². The van der Waals surface area contributed by atoms with Crippen LogP contribution in [-0.4, -0.2) is 38.6 Å². The van der Waals surface area contributed by atoms with E-state index in [0.29, 0.717) is 17.1 Å². The maximum Gasteiger partial charge on any atom is 0.258 e. The van der Waals surface area contributed by atoms with Crippen molar-refractivity contribution in [2.75, 3.05) is 26.8 Å². The standard InChI is InChI=1S/C19H21FN2O4/c1-13-7-8-14(11-15(13)20)19(24)22-10-9-21-18(23)12-26-17-6-4-3-5-16(17)25-2/h3-8,11H,9-10,12H2,1-2H3,(H,21,23)(H,22,24). The molecular weight excluding hydrogens is 339 g/mol. The number of benzene rings is 2. The third-order valence-electron chi connectivity index (χ3n) is 3.59. The second-order valence-electron chi connectivity index (χ2n) is 5.51. The quantitative estimate of drug-likeness (QED) is 0.707. The average Bonchev–Trinajstić information content (AvgIpc) is 2.65. The molecule has 2 amide bonds. The lowest BCUT2D eigenvalue weighted by Gasteiger charge is -2.11. The number of halogens is 1. The van der Waals surface area contributed by atoms with Gasteiger partial charge in [-0.3, -0.25) is 9.59 Å². The van der Waals surface area contributed by atoms with Crippen LogP contribution >= 0.6 is 0 Å². The molecule has 2 aromatic carbocycles. The third-order valence-corrected chi connectivity index (χ3v) is 3.59. The van der Waals surface area contributed by atoms with Gasteiger partial charge in [0.2, 0.25) is 0 Å². The molecule has 26 heavy (non-hydrogen) atoms. The molecule has 0 aliphatic heterocycles. The van der Waals surface area contributed by atoms with Crippen LogP contribution in [0.5, 0.6) is 11.5 Å². The molecule has 0 aliphatic carbocycles. The van der Waals surface area contributed by atoms with Crippen LogP contribution in [0.3, 0.4) is 0 Å². The first-order valence-electron chi connectivity index (χ1n) is 8.08. The van der Waals surface area contributed by atoms with E-state index >= 15 is 0 Å². The van der Waals surface area contributed by atoms with Crippen LogP contribution in [-0.2, 0) is 4.79 Å². The molecule has 0 aromatic heterocycles. The number of aryl methyl sites for hydroxylation is 1. The van der Waals surface area contributed by atoms with Crippen LogP contribution in [0.25, 0.3) is 0 Å². The molecule has 0 heterocycles. The minimum Gasteiger partial charge on any atom is -0.493 e. The molecule has 0 saturated carbocycles. The molecule has 0 atom stereocenters. The van der Waals surface area contributed by atoms with Crippen molar-refractivity contribution in [2.24, 2.45) is 0 Å². The number of hydrogen-bond acceptors (Lipinski definition) is 4. The van der Waals surface area contributed by atoms with Crippen molar-refractivity contribution < 1.29 is 23.5 Å². The Balaban J connectivity index is 1.69. The van der Waals surface area contributed by atoms with Gasteiger partial charge in [0.15, 0.2) is 18.1 Å². The van der Waals surface area contributed by atoms with Gasteiger partial charge >= 0.3 is 0 Å². The monoisotopic (exact) mass is 360 g/mol. The zero-order valence-electron chi connectivity index (χ0n) is 14.7. The van der Waals surface area contributed by atoms with Gasteiger partial charge in [0.05, 0.1) is 7.11 Å². The number of ether oxygens (including phenoxy) is 2. The van der Waals surface area contributed by atoms with Crippen LogP contribution in [0.2, 0.25) is 0 Å². The number of nitrogens with one attached hydrogen (secondary N) is 2. The molecule has 7 heteroatoms. The van der Waals surface area contributed by atoms with Crippen LogP contribution in [0.1, 0.15) is 15.9 Å². The van der Waals surface area contributed by atoms with E-state index in [1.165, 1.54) is 13.2 Å². The van der Waals surface area contributed by atoms with E-state index < -0.39 is 11.7 Å². The first-order valence-corrected chi connectivity index (χ1v) is 8.08. The molecule has 2 aromatic rings. The number of carbonyl (C=O) groups is 2. The zero-order chi connectivity index (χ0) is 18.9. The van der Waals surface area contributed by atoms with Gasteiger partial charge in [0.25, 0.3) is 11.8 Å². The third kappa shape index (κ3) is 5.47. The van der Waals surface area contributed by atoms with E-state index in [1.807, 2.05) is 0 Å². The predicted octanol–water partition coefficient (Wildman–Crippen LogP) is 2.07. The van der Waals surface area contributed by atoms with Crippen molar-refractivity contribution in [3.05, 3.63) is 59.4 Å². The molecule has 2 N–H and O–H groups in total. The number of methoxy groups -OCH3 is 1. The average molecular weight is 360 g/mol. The van der Waals surface area contributed by atoms with Gasteiger partial charge in [0.1, 0.15) is 5.82 Å². The highest BCUT2D eigenvalue weighted by molar-refractivity contribution is 5.94. The smallest absolute Gasteiger partial charge is 0.258 e. The van der Waals surface area contributed by atoms with E-state index in [1.54, 1.807) is 43.3 Å². The van der Waals surface area contributed by atoms with Crippen molar-refractivity contribution >= 4 is 11.8 Å². The summed E-state index contributed by atoms with van der Waals surface area (Å²) in [7, 11) is 1.52. The first kappa shape index (κ1) is 19.2. The number of carbonyl (C=O) groups excluding carboxylic acids is 2. The summed E-state index contributed by atoms with van der Waals surface area (Å²) in [5.41, 5.74) is 0.711. The molecule has 0 aliphatic rings. The number of para-hydroxylation sites is 2. The van der Waals surface area contributed by atoms with Crippen molar-refractivity contribution in [3.63, 3.8) is 0 Å². The molecular formula is C19H21FN2O4. The van der Waals surface area contributed by atoms with Gasteiger partial charge in [-0.05, 0) is 36.8 Å². The van der Waals surface area contributed by atoms with Crippen molar-refractivity contribution in [1.82, 2.24) is 10.6 Å². The first-order chi connectivity index (χ1) is 12.5. The van der Waals surface area contributed by atoms with Crippen LogP contribution in [0.4, 0.5) is 4.39 Å². The van der Waals surface area contributed by atoms with Crippen LogP contribution < -0.4 is 20.1 Å². The lowest BCUT2D eigenvalue weighted by atomic mass is 10.1. The summed E-state index contributed by atoms with van der Waals surface area (Å²) in [4.78, 5) is 23.7. The van der Waals surface area contributed by atoms with Gasteiger partial charge in [-0.15, -0.1) is 0 Å². The summed E-state index contributed by atoms with van der Waals surface area (Å²) in [6.45, 7) is 1.90. The fraction of sp³-hybridized carbons (Fsp3) is 0.263. The Morgan fingerprint density at radius 1 is 1.04 bits per heavy atom. The molecule has 0 unspecified atom stereocenters. The molecule has 6 nitrogen and oxygen atoms in total. The molecule has 0 fully saturated rings. The van der Waals surface area contributed by atoms with E-state index in [0.717, 1.165) is 0 Å². The number of hydrogen-bond donors (Lipinski definition) is 2. The fourth-order valence-electron chi connectivity index (χ4n) is 2.15. The zero-order valence-corrected chi connectivity index (χ0v) is 14.7. The maximum atomic E-state index is 13.5. The number of amides is 2. The number of rotatable bonds is 8. The summed E-state index contributed by atoms with van der Waals surface area (Å²) >= 11 is 0. The van der Waals surface area contributed by atoms with Gasteiger partial charge < -0.3 is 20.1 Å². The predicted molar refractivity (Wildman–Crippen MR) is 95.0 cm³/mol. The highest BCUT2D eigenvalue weighted by Crippen LogP contribution is 2.25. The molecule has 2 rings (SSSR count). The van der Waals surface area contributed by atoms with E-state index in [-0.39, 0.29) is 31.2 Å². The maximum absolute atomic E-state index is 13.5. The molecule has 138 valence electrons. The van der Waals surface area contributed by atoms with Crippen LogP contribution in [0, 0.1) is 12.7 Å². The van der Waals surface area contributed by atoms with E-state index in [4.69, 9.17) is 9.47 Å². The Hall–Kier alpha value is -3.09. The minimum atomic E-state index is -0.431. The van der Waals surface area contributed by atoms with Gasteiger partial charge in [0, 0.05) is 18.7 Å². The van der Waals surface area contributed by atoms with Gasteiger partial charge in [-0.2, -0.15) is 0 Å². The van der Waals surface area contributed by atoms with Gasteiger partial charge in [-0.25, -0.2) is 4.39 Å². The van der Waals surface area contributed by atoms with E-state index in [2.05, 4.69) is 10.6 Å². The summed E-state index contributed by atoms with van der Waals surface area (Å²) in [5.74, 6) is -0.146. The largest absolute Gasteiger partial charge is 0.493 e. The van der Waals surface area contributed by atoms with Gasteiger partial charge in [-0.1, -0.05) is 18.2 Å². The Morgan fingerprint density at radius 2 is 1.73 bits per heavy atom. The lowest BCUT2D eigenvalue weighted by Crippen LogP contribution is -2.36. The molecule has 0 bridgehead atoms. The topological polar surface area (TPSA) is 76.7 Å². The highest BCUT2D eigenvalue weighted by Gasteiger charge is 2.09. The van der Waals surface area contributed by atoms with E-state index in [9.17, 15) is 14.0 Å². The molecule has 0 spiro atoms. The molecule has 0 saturated heterocycles. The summed E-state index contributed by atoms with van der Waals surface area (Å²) in [6.07, 6.45) is 0. The van der Waals surface area contributed by atoms with Crippen molar-refractivity contribution in [3.8, 4) is 11.5 Å². The minimum absolute atomic E-state index is 0.169. The Bertz CT molecular complexity index is 780. The second-order valence-corrected chi connectivity index (χ2v) is 5.51. The summed E-state index contributed by atoms with van der Waals surface area (Å²) in [6, 6.07) is 11.3. The fourth-order valence-corrected chi connectivity index (χ4v) is 2.15. The summed E-state index contributed by atoms with van der Waals surface area (Å²) in [5, 5.41) is 5.24. The lowest BCUT2D eigenvalue weighted by molar-refractivity contribution is -0.123. The second kappa shape index (κ2) is 9.41. The highest BCUT2D eigenvalue weighted by atomic mass is 19.1. The molecule has 0 radical (unpaired) electrons. The van der Waals surface area contributed by atoms with Crippen molar-refractivity contribution in [2.45, 2.75) is 6.92 Å². The SMILES string of the molecule is COc1ccccc1OCC(=O)NCCNC(=O)c1ccc(C)c(F)c1. The Morgan fingerprint density at radius 3 is 2.42 bits per heavy atom. The Kier molecular flexibility index (Phi) is 6.96.